The van der Waals surface area contributed by atoms with Gasteiger partial charge in [0.1, 0.15) is 11.8 Å². The summed E-state index contributed by atoms with van der Waals surface area (Å²) in [5.74, 6) is -2.27. The van der Waals surface area contributed by atoms with E-state index in [1.165, 1.54) is 4.90 Å². The highest BCUT2D eigenvalue weighted by Gasteiger charge is 2.26. The summed E-state index contributed by atoms with van der Waals surface area (Å²) in [5.41, 5.74) is 0.750. The van der Waals surface area contributed by atoms with Gasteiger partial charge in [0, 0.05) is 32.1 Å². The molecular weight excluding hydrogens is 480 g/mol. The van der Waals surface area contributed by atoms with Crippen molar-refractivity contribution in [1.82, 2.24) is 10.2 Å². The Labute approximate surface area is 204 Å². The van der Waals surface area contributed by atoms with Crippen LogP contribution in [-0.2, 0) is 26.2 Å². The van der Waals surface area contributed by atoms with E-state index < -0.39 is 27.7 Å². The monoisotopic (exact) mass is 511 g/mol. The highest BCUT2D eigenvalue weighted by Crippen LogP contribution is 2.22. The first kappa shape index (κ1) is 28.0. The fourth-order valence-electron chi connectivity index (χ4n) is 3.48. The average Bonchev–Trinajstić information content (AvgIpc) is 2.81. The molecule has 0 unspecified atom stereocenters. The van der Waals surface area contributed by atoms with Gasteiger partial charge in [0.15, 0.2) is 11.6 Å². The van der Waals surface area contributed by atoms with E-state index in [0.717, 1.165) is 34.3 Å². The maximum atomic E-state index is 13.7. The first-order valence-electron chi connectivity index (χ1n) is 11.1. The summed E-state index contributed by atoms with van der Waals surface area (Å²) in [4.78, 5) is 27.0. The highest BCUT2D eigenvalue weighted by atomic mass is 32.2. The molecule has 192 valence electrons. The zero-order valence-corrected chi connectivity index (χ0v) is 21.1. The van der Waals surface area contributed by atoms with E-state index in [2.05, 4.69) is 5.32 Å². The van der Waals surface area contributed by atoms with Gasteiger partial charge in [-0.05, 0) is 50.1 Å². The lowest BCUT2D eigenvalue weighted by Crippen LogP contribution is -2.47. The SMILES string of the molecule is CCNC(=O)[C@@H](C)N(Cc1ccc(OC)cc1)C(=O)CCCN(c1ccc(F)c(F)c1)S(C)(=O)=O. The number of methoxy groups -OCH3 is 1. The van der Waals surface area contributed by atoms with Crippen LogP contribution in [0.2, 0.25) is 0 Å². The third kappa shape index (κ3) is 7.91. The van der Waals surface area contributed by atoms with Crippen LogP contribution in [-0.4, -0.2) is 57.6 Å². The molecule has 0 saturated carbocycles. The van der Waals surface area contributed by atoms with Crippen LogP contribution in [0.15, 0.2) is 42.5 Å². The predicted molar refractivity (Wildman–Crippen MR) is 129 cm³/mol. The Balaban J connectivity index is 2.17. The third-order valence-electron chi connectivity index (χ3n) is 5.37. The summed E-state index contributed by atoms with van der Waals surface area (Å²) in [5, 5.41) is 2.70. The number of carbonyl (C=O) groups excluding carboxylic acids is 2. The number of hydrogen-bond donors (Lipinski definition) is 1. The van der Waals surface area contributed by atoms with Crippen LogP contribution in [0.3, 0.4) is 0 Å². The van der Waals surface area contributed by atoms with Gasteiger partial charge in [-0.1, -0.05) is 12.1 Å². The van der Waals surface area contributed by atoms with Crippen molar-refractivity contribution in [2.75, 3.05) is 30.8 Å². The van der Waals surface area contributed by atoms with Gasteiger partial charge in [-0.25, -0.2) is 17.2 Å². The zero-order valence-electron chi connectivity index (χ0n) is 20.3. The fraction of sp³-hybridized carbons (Fsp3) is 0.417. The van der Waals surface area contributed by atoms with E-state index in [4.69, 9.17) is 4.74 Å². The quantitative estimate of drug-likeness (QED) is 0.473. The van der Waals surface area contributed by atoms with Gasteiger partial charge in [-0.2, -0.15) is 0 Å². The van der Waals surface area contributed by atoms with E-state index in [-0.39, 0.29) is 43.4 Å². The molecule has 0 aliphatic rings. The lowest BCUT2D eigenvalue weighted by atomic mass is 10.1. The number of benzene rings is 2. The Morgan fingerprint density at radius 3 is 2.29 bits per heavy atom. The summed E-state index contributed by atoms with van der Waals surface area (Å²) < 4.78 is 57.5. The van der Waals surface area contributed by atoms with Crippen LogP contribution >= 0.6 is 0 Å². The largest absolute Gasteiger partial charge is 0.497 e. The van der Waals surface area contributed by atoms with Crippen LogP contribution in [0.4, 0.5) is 14.5 Å². The minimum Gasteiger partial charge on any atom is -0.497 e. The molecule has 0 aliphatic carbocycles. The van der Waals surface area contributed by atoms with Crippen molar-refractivity contribution in [2.24, 2.45) is 0 Å². The molecule has 35 heavy (non-hydrogen) atoms. The number of likely N-dealkylation sites (N-methyl/N-ethyl adjacent to an activating group) is 1. The summed E-state index contributed by atoms with van der Waals surface area (Å²) in [6, 6.07) is 9.12. The number of sulfonamides is 1. The van der Waals surface area contributed by atoms with E-state index in [0.29, 0.717) is 12.3 Å². The van der Waals surface area contributed by atoms with Crippen molar-refractivity contribution in [3.63, 3.8) is 0 Å². The number of carbonyl (C=O) groups is 2. The van der Waals surface area contributed by atoms with Gasteiger partial charge in [0.2, 0.25) is 21.8 Å². The molecule has 1 N–H and O–H groups in total. The number of halogens is 2. The molecule has 0 spiro atoms. The minimum absolute atomic E-state index is 0.0374. The van der Waals surface area contributed by atoms with Crippen LogP contribution < -0.4 is 14.4 Å². The van der Waals surface area contributed by atoms with Gasteiger partial charge in [0.25, 0.3) is 0 Å². The van der Waals surface area contributed by atoms with Crippen molar-refractivity contribution in [3.8, 4) is 5.75 Å². The van der Waals surface area contributed by atoms with E-state index in [1.807, 2.05) is 0 Å². The lowest BCUT2D eigenvalue weighted by Gasteiger charge is -2.29. The average molecular weight is 512 g/mol. The molecule has 8 nitrogen and oxygen atoms in total. The number of rotatable bonds is 12. The highest BCUT2D eigenvalue weighted by molar-refractivity contribution is 7.92. The number of nitrogens with zero attached hydrogens (tertiary/aromatic N) is 2. The number of nitrogens with one attached hydrogen (secondary N) is 1. The number of hydrogen-bond acceptors (Lipinski definition) is 5. The van der Waals surface area contributed by atoms with Gasteiger partial charge in [-0.15, -0.1) is 0 Å². The lowest BCUT2D eigenvalue weighted by molar-refractivity contribution is -0.140. The second-order valence-corrected chi connectivity index (χ2v) is 9.88. The van der Waals surface area contributed by atoms with Gasteiger partial charge < -0.3 is 15.0 Å². The smallest absolute Gasteiger partial charge is 0.242 e. The van der Waals surface area contributed by atoms with Gasteiger partial charge in [0.05, 0.1) is 19.1 Å². The molecule has 0 radical (unpaired) electrons. The summed E-state index contributed by atoms with van der Waals surface area (Å²) in [7, 11) is -2.27. The minimum atomic E-state index is -3.81. The van der Waals surface area contributed by atoms with Crippen LogP contribution in [0.5, 0.6) is 5.75 Å². The summed E-state index contributed by atoms with van der Waals surface area (Å²) in [6.45, 7) is 3.85. The zero-order chi connectivity index (χ0) is 26.2. The normalized spacial score (nSPS) is 12.1. The number of anilines is 1. The number of ether oxygens (including phenoxy) is 1. The first-order valence-corrected chi connectivity index (χ1v) is 13.0. The maximum Gasteiger partial charge on any atom is 0.242 e. The van der Waals surface area contributed by atoms with Gasteiger partial charge >= 0.3 is 0 Å². The molecule has 2 aromatic carbocycles. The summed E-state index contributed by atoms with van der Waals surface area (Å²) >= 11 is 0. The van der Waals surface area contributed by atoms with Gasteiger partial charge in [-0.3, -0.25) is 13.9 Å². The molecule has 2 amide bonds. The van der Waals surface area contributed by atoms with E-state index in [1.54, 1.807) is 45.2 Å². The van der Waals surface area contributed by atoms with Crippen LogP contribution in [0.25, 0.3) is 0 Å². The van der Waals surface area contributed by atoms with Crippen LogP contribution in [0.1, 0.15) is 32.3 Å². The molecule has 2 aromatic rings. The molecule has 0 heterocycles. The van der Waals surface area contributed by atoms with Crippen LogP contribution in [0, 0.1) is 11.6 Å². The molecule has 0 fully saturated rings. The Bertz CT molecular complexity index is 1130. The van der Waals surface area contributed by atoms with Crippen molar-refractivity contribution in [1.29, 1.82) is 0 Å². The molecule has 0 bridgehead atoms. The Kier molecular flexibility index (Phi) is 10.00. The first-order chi connectivity index (χ1) is 16.5. The van der Waals surface area contributed by atoms with Crippen molar-refractivity contribution in [3.05, 3.63) is 59.7 Å². The Morgan fingerprint density at radius 2 is 1.74 bits per heavy atom. The van der Waals surface area contributed by atoms with Crippen molar-refractivity contribution < 1.29 is 31.5 Å². The fourth-order valence-corrected chi connectivity index (χ4v) is 4.43. The van der Waals surface area contributed by atoms with E-state index in [9.17, 15) is 26.8 Å². The molecule has 11 heteroatoms. The molecule has 0 aromatic heterocycles. The maximum absolute atomic E-state index is 13.7. The second kappa shape index (κ2) is 12.5. The molecule has 2 rings (SSSR count). The van der Waals surface area contributed by atoms with Crippen molar-refractivity contribution in [2.45, 2.75) is 39.3 Å². The third-order valence-corrected chi connectivity index (χ3v) is 6.57. The molecule has 0 saturated heterocycles. The topological polar surface area (TPSA) is 96.0 Å². The molecule has 1 atom stereocenters. The summed E-state index contributed by atoms with van der Waals surface area (Å²) in [6.07, 6.45) is 0.991. The second-order valence-electron chi connectivity index (χ2n) is 7.98. The Hall–Kier alpha value is -3.21. The van der Waals surface area contributed by atoms with Crippen molar-refractivity contribution >= 4 is 27.5 Å². The predicted octanol–water partition coefficient (Wildman–Crippen LogP) is 3.07. The number of amides is 2. The Morgan fingerprint density at radius 1 is 1.09 bits per heavy atom. The molecular formula is C24H31F2N3O5S. The standard InChI is InChI=1S/C24H31F2N3O5S/c1-5-27-24(31)17(2)28(16-18-8-11-20(34-3)12-9-18)23(30)7-6-14-29(35(4,32)33)19-10-13-21(25)22(26)15-19/h8-13,15,17H,5-7,14,16H2,1-4H3,(H,27,31)/t17-/m1/s1. The molecule has 0 aliphatic heterocycles. The van der Waals surface area contributed by atoms with E-state index >= 15 is 0 Å².